The van der Waals surface area contributed by atoms with Crippen molar-refractivity contribution < 1.29 is 9.90 Å². The van der Waals surface area contributed by atoms with Crippen molar-refractivity contribution in [1.29, 1.82) is 5.26 Å². The summed E-state index contributed by atoms with van der Waals surface area (Å²) in [7, 11) is 0. The molecule has 9 nitrogen and oxygen atoms in total. The molecule has 0 saturated heterocycles. The molecule has 1 atom stereocenters. The van der Waals surface area contributed by atoms with Gasteiger partial charge in [0.1, 0.15) is 0 Å². The number of aromatic nitrogens is 4. The number of amides is 1. The highest BCUT2D eigenvalue weighted by molar-refractivity contribution is 5.94. The highest BCUT2D eigenvalue weighted by Gasteiger charge is 2.27. The molecule has 2 fully saturated rings. The van der Waals surface area contributed by atoms with Crippen molar-refractivity contribution in [1.82, 2.24) is 25.1 Å². The van der Waals surface area contributed by atoms with E-state index in [9.17, 15) is 15.2 Å². The summed E-state index contributed by atoms with van der Waals surface area (Å²) in [5.74, 6) is 0.846. The van der Waals surface area contributed by atoms with Gasteiger partial charge in [-0.3, -0.25) is 9.48 Å². The molecule has 3 N–H and O–H groups in total. The number of aliphatic hydroxyl groups is 1. The number of rotatable bonds is 8. The van der Waals surface area contributed by atoms with Crippen LogP contribution in [-0.4, -0.2) is 42.9 Å². The predicted octanol–water partition coefficient (Wildman–Crippen LogP) is 4.76. The Morgan fingerprint density at radius 1 is 1.11 bits per heavy atom. The average molecular weight is 500 g/mol. The molecule has 0 radical (unpaired) electrons. The van der Waals surface area contributed by atoms with Gasteiger partial charge in [0.25, 0.3) is 5.91 Å². The Balaban J connectivity index is 1.23. The zero-order valence-corrected chi connectivity index (χ0v) is 20.9. The van der Waals surface area contributed by atoms with Crippen LogP contribution < -0.4 is 10.6 Å². The lowest BCUT2D eigenvalue weighted by atomic mass is 9.93. The van der Waals surface area contributed by atoms with Crippen LogP contribution in [0.25, 0.3) is 11.3 Å². The third-order valence-corrected chi connectivity index (χ3v) is 7.57. The van der Waals surface area contributed by atoms with Crippen LogP contribution in [0, 0.1) is 17.2 Å². The normalized spacial score (nSPS) is 20.8. The molecule has 2 saturated carbocycles. The quantitative estimate of drug-likeness (QED) is 0.407. The molecule has 1 unspecified atom stereocenters. The molecule has 37 heavy (non-hydrogen) atoms. The van der Waals surface area contributed by atoms with Crippen molar-refractivity contribution in [2.24, 2.45) is 5.92 Å². The van der Waals surface area contributed by atoms with Crippen LogP contribution in [0.15, 0.2) is 48.9 Å². The van der Waals surface area contributed by atoms with Gasteiger partial charge in [0.2, 0.25) is 5.95 Å². The van der Waals surface area contributed by atoms with Crippen LogP contribution in [0.5, 0.6) is 0 Å². The molecule has 5 rings (SSSR count). The molecule has 3 aromatic rings. The first-order chi connectivity index (χ1) is 18.1. The van der Waals surface area contributed by atoms with E-state index in [2.05, 4.69) is 31.8 Å². The molecule has 1 amide bonds. The van der Waals surface area contributed by atoms with E-state index in [1.807, 2.05) is 29.1 Å². The first kappa shape index (κ1) is 24.9. The van der Waals surface area contributed by atoms with Gasteiger partial charge in [0.05, 0.1) is 36.5 Å². The highest BCUT2D eigenvalue weighted by Crippen LogP contribution is 2.36. The fourth-order valence-electron chi connectivity index (χ4n) is 5.47. The Labute approximate surface area is 217 Å². The van der Waals surface area contributed by atoms with E-state index < -0.39 is 0 Å². The zero-order valence-electron chi connectivity index (χ0n) is 20.9. The number of hydrogen-bond acceptors (Lipinski definition) is 7. The number of hydrogen-bond donors (Lipinski definition) is 3. The van der Waals surface area contributed by atoms with Gasteiger partial charge < -0.3 is 15.7 Å². The number of anilines is 2. The van der Waals surface area contributed by atoms with Crippen molar-refractivity contribution in [2.45, 2.75) is 76.0 Å². The van der Waals surface area contributed by atoms with Crippen LogP contribution in [-0.2, 0) is 0 Å². The van der Waals surface area contributed by atoms with Crippen LogP contribution in [0.2, 0.25) is 0 Å². The lowest BCUT2D eigenvalue weighted by Gasteiger charge is -2.26. The van der Waals surface area contributed by atoms with Crippen molar-refractivity contribution >= 4 is 17.5 Å². The third kappa shape index (κ3) is 6.15. The van der Waals surface area contributed by atoms with Gasteiger partial charge >= 0.3 is 0 Å². The largest absolute Gasteiger partial charge is 0.393 e. The van der Waals surface area contributed by atoms with Crippen molar-refractivity contribution in [3.8, 4) is 17.3 Å². The van der Waals surface area contributed by atoms with E-state index in [-0.39, 0.29) is 24.1 Å². The smallest absolute Gasteiger partial charge is 0.251 e. The molecule has 2 aromatic heterocycles. The summed E-state index contributed by atoms with van der Waals surface area (Å²) < 4.78 is 1.93. The van der Waals surface area contributed by atoms with E-state index in [0.29, 0.717) is 23.9 Å². The maximum atomic E-state index is 12.6. The molecule has 1 aromatic carbocycles. The average Bonchev–Trinajstić information content (AvgIpc) is 3.62. The Bertz CT molecular complexity index is 1240. The summed E-state index contributed by atoms with van der Waals surface area (Å²) >= 11 is 0. The number of carbonyl (C=O) groups is 1. The second kappa shape index (κ2) is 11.5. The fourth-order valence-corrected chi connectivity index (χ4v) is 5.47. The van der Waals surface area contributed by atoms with Gasteiger partial charge in [-0.05, 0) is 74.8 Å². The van der Waals surface area contributed by atoms with Crippen molar-refractivity contribution in [3.05, 3.63) is 54.5 Å². The van der Waals surface area contributed by atoms with Gasteiger partial charge in [0.15, 0.2) is 0 Å². The first-order valence-corrected chi connectivity index (χ1v) is 13.2. The number of carbonyl (C=O) groups excluding carboxylic acids is 1. The van der Waals surface area contributed by atoms with Gasteiger partial charge in [-0.15, -0.1) is 0 Å². The second-order valence-corrected chi connectivity index (χ2v) is 10.1. The number of benzene rings is 1. The Morgan fingerprint density at radius 3 is 2.59 bits per heavy atom. The van der Waals surface area contributed by atoms with E-state index in [4.69, 9.17) is 0 Å². The Morgan fingerprint density at radius 2 is 1.86 bits per heavy atom. The lowest BCUT2D eigenvalue weighted by Crippen LogP contribution is -2.38. The number of nitriles is 1. The molecule has 0 spiro atoms. The van der Waals surface area contributed by atoms with Gasteiger partial charge in [-0.1, -0.05) is 12.8 Å². The maximum Gasteiger partial charge on any atom is 0.251 e. The first-order valence-electron chi connectivity index (χ1n) is 13.2. The van der Waals surface area contributed by atoms with Gasteiger partial charge in [0, 0.05) is 35.2 Å². The molecule has 0 aliphatic heterocycles. The monoisotopic (exact) mass is 499 g/mol. The van der Waals surface area contributed by atoms with E-state index in [0.717, 1.165) is 55.5 Å². The highest BCUT2D eigenvalue weighted by atomic mass is 16.3. The summed E-state index contributed by atoms with van der Waals surface area (Å²) in [6.07, 6.45) is 13.5. The maximum absolute atomic E-state index is 12.6. The summed E-state index contributed by atoms with van der Waals surface area (Å²) in [6.45, 7) is 0. The molecular weight excluding hydrogens is 466 g/mol. The van der Waals surface area contributed by atoms with Gasteiger partial charge in [-0.25, -0.2) is 9.97 Å². The molecule has 0 bridgehead atoms. The van der Waals surface area contributed by atoms with Gasteiger partial charge in [-0.2, -0.15) is 10.4 Å². The molecule has 2 aliphatic rings. The zero-order chi connectivity index (χ0) is 25.6. The second-order valence-electron chi connectivity index (χ2n) is 10.1. The SMILES string of the molecule is N#CCC(C1CCCC1)n1cc(-c2ccnc(Nc3ccc(C(=O)N[C@H]4CC[C@@H](O)CC4)cc3)n2)cn1. The number of nitrogens with one attached hydrogen (secondary N) is 2. The lowest BCUT2D eigenvalue weighted by molar-refractivity contribution is 0.0867. The summed E-state index contributed by atoms with van der Waals surface area (Å²) in [5, 5.41) is 29.8. The topological polar surface area (TPSA) is 129 Å². The molecule has 9 heteroatoms. The van der Waals surface area contributed by atoms with E-state index >= 15 is 0 Å². The predicted molar refractivity (Wildman–Crippen MR) is 140 cm³/mol. The van der Waals surface area contributed by atoms with E-state index in [1.165, 1.54) is 12.8 Å². The summed E-state index contributed by atoms with van der Waals surface area (Å²) in [4.78, 5) is 21.6. The summed E-state index contributed by atoms with van der Waals surface area (Å²) in [6, 6.07) is 11.6. The minimum absolute atomic E-state index is 0.0982. The molecule has 192 valence electrons. The number of aliphatic hydroxyl groups excluding tert-OH is 1. The van der Waals surface area contributed by atoms with Crippen LogP contribution in [0.4, 0.5) is 11.6 Å². The Hall–Kier alpha value is -3.77. The van der Waals surface area contributed by atoms with Crippen molar-refractivity contribution in [2.75, 3.05) is 5.32 Å². The molecule has 2 heterocycles. The number of nitrogens with zero attached hydrogens (tertiary/aromatic N) is 5. The van der Waals surface area contributed by atoms with Crippen LogP contribution in [0.1, 0.15) is 74.2 Å². The van der Waals surface area contributed by atoms with Crippen LogP contribution in [0.3, 0.4) is 0 Å². The van der Waals surface area contributed by atoms with E-state index in [1.54, 1.807) is 24.5 Å². The fraction of sp³-hybridized carbons (Fsp3) is 0.464. The molecule has 2 aliphatic carbocycles. The van der Waals surface area contributed by atoms with Crippen molar-refractivity contribution in [3.63, 3.8) is 0 Å². The Kier molecular flexibility index (Phi) is 7.76. The standard InChI is InChI=1S/C28H33N7O2/c29-15-13-26(19-3-1-2-4-19)35-18-21(17-31-35)25-14-16-30-28(34-25)33-23-7-5-20(6-8-23)27(37)32-22-9-11-24(36)12-10-22/h5-8,14,16-19,22,24,26,36H,1-4,9-13H2,(H,32,37)(H,30,33,34)/t22-,24+,26?. The third-order valence-electron chi connectivity index (χ3n) is 7.57. The minimum Gasteiger partial charge on any atom is -0.393 e. The van der Waals surface area contributed by atoms with Crippen LogP contribution >= 0.6 is 0 Å². The minimum atomic E-state index is -0.243. The molecular formula is C28H33N7O2. The summed E-state index contributed by atoms with van der Waals surface area (Å²) in [5.41, 5.74) is 3.00.